The maximum atomic E-state index is 8.04. The Balaban J connectivity index is 2.85. The molecule has 0 fully saturated rings. The van der Waals surface area contributed by atoms with Crippen molar-refractivity contribution < 1.29 is 0 Å². The fourth-order valence-electron chi connectivity index (χ4n) is 0.719. The van der Waals surface area contributed by atoms with Gasteiger partial charge in [-0.25, -0.2) is 0 Å². The van der Waals surface area contributed by atoms with Gasteiger partial charge in [0.25, 0.3) is 0 Å². The van der Waals surface area contributed by atoms with Crippen LogP contribution in [-0.4, -0.2) is 9.78 Å². The molecule has 0 spiro atoms. The highest BCUT2D eigenvalue weighted by atomic mass is 79.9. The summed E-state index contributed by atoms with van der Waals surface area (Å²) in [6, 6.07) is 1.81. The van der Waals surface area contributed by atoms with Gasteiger partial charge in [0, 0.05) is 17.7 Å². The van der Waals surface area contributed by atoms with E-state index in [9.17, 15) is 0 Å². The van der Waals surface area contributed by atoms with E-state index in [0.717, 1.165) is 10.3 Å². The monoisotopic (exact) mass is 215 g/mol. The molecule has 0 aliphatic carbocycles. The molecule has 0 radical (unpaired) electrons. The fourth-order valence-corrected chi connectivity index (χ4v) is 1.22. The van der Waals surface area contributed by atoms with Gasteiger partial charge >= 0.3 is 0 Å². The summed E-state index contributed by atoms with van der Waals surface area (Å²) in [4.78, 5) is 2.65. The molecule has 0 unspecified atom stereocenters. The number of aromatic nitrogens is 2. The molecular formula is C5H6BrN5. The Morgan fingerprint density at radius 3 is 3.09 bits per heavy atom. The van der Waals surface area contributed by atoms with Crippen LogP contribution in [-0.2, 0) is 13.6 Å². The molecule has 1 heterocycles. The van der Waals surface area contributed by atoms with Crippen LogP contribution in [0.4, 0.5) is 0 Å². The summed E-state index contributed by atoms with van der Waals surface area (Å²) in [5.74, 6) is 0. The second-order valence-corrected chi connectivity index (χ2v) is 2.78. The second-order valence-electron chi connectivity index (χ2n) is 1.97. The summed E-state index contributed by atoms with van der Waals surface area (Å²) in [7, 11) is 1.80. The first-order chi connectivity index (χ1) is 5.24. The number of azide groups is 1. The standard InChI is InChI=1S/C5H6BrN5/c1-11-4(3-8-10-7)2-5(6)9-11/h2H,3H2,1H3. The van der Waals surface area contributed by atoms with Crippen LogP contribution in [0.2, 0.25) is 0 Å². The van der Waals surface area contributed by atoms with Gasteiger partial charge in [0.15, 0.2) is 0 Å². The largest absolute Gasteiger partial charge is 0.271 e. The third-order valence-electron chi connectivity index (χ3n) is 1.24. The van der Waals surface area contributed by atoms with E-state index in [2.05, 4.69) is 31.1 Å². The van der Waals surface area contributed by atoms with Crippen molar-refractivity contribution in [2.24, 2.45) is 12.2 Å². The quantitative estimate of drug-likeness (QED) is 0.423. The van der Waals surface area contributed by atoms with Crippen LogP contribution in [0, 0.1) is 0 Å². The summed E-state index contributed by atoms with van der Waals surface area (Å²) in [6.07, 6.45) is 0. The minimum absolute atomic E-state index is 0.339. The molecule has 0 saturated heterocycles. The zero-order valence-corrected chi connectivity index (χ0v) is 7.48. The lowest BCUT2D eigenvalue weighted by atomic mass is 10.4. The number of halogens is 1. The molecule has 0 aromatic carbocycles. The topological polar surface area (TPSA) is 66.6 Å². The van der Waals surface area contributed by atoms with Crippen molar-refractivity contribution in [2.45, 2.75) is 6.54 Å². The highest BCUT2D eigenvalue weighted by molar-refractivity contribution is 9.10. The van der Waals surface area contributed by atoms with Crippen LogP contribution in [0.15, 0.2) is 15.8 Å². The Hall–Kier alpha value is -1.00. The molecule has 1 aromatic heterocycles. The van der Waals surface area contributed by atoms with Gasteiger partial charge in [-0.3, -0.25) is 4.68 Å². The summed E-state index contributed by atoms with van der Waals surface area (Å²) in [5, 5.41) is 7.43. The maximum absolute atomic E-state index is 8.04. The molecule has 0 aliphatic heterocycles. The number of hydrogen-bond donors (Lipinski definition) is 0. The molecule has 1 rings (SSSR count). The first kappa shape index (κ1) is 8.10. The third-order valence-corrected chi connectivity index (χ3v) is 1.63. The number of rotatable bonds is 2. The Morgan fingerprint density at radius 2 is 2.64 bits per heavy atom. The van der Waals surface area contributed by atoms with E-state index >= 15 is 0 Å². The molecule has 0 amide bonds. The van der Waals surface area contributed by atoms with Gasteiger partial charge < -0.3 is 0 Å². The Labute approximate surface area is 71.8 Å². The van der Waals surface area contributed by atoms with Gasteiger partial charge in [-0.1, -0.05) is 5.11 Å². The SMILES string of the molecule is Cn1nc(Br)cc1CN=[N+]=[N-]. The van der Waals surface area contributed by atoms with Crippen molar-refractivity contribution in [3.8, 4) is 0 Å². The van der Waals surface area contributed by atoms with Gasteiger partial charge in [0.1, 0.15) is 4.60 Å². The number of hydrogen-bond acceptors (Lipinski definition) is 2. The van der Waals surface area contributed by atoms with Crippen molar-refractivity contribution in [2.75, 3.05) is 0 Å². The average Bonchev–Trinajstić information content (AvgIpc) is 2.26. The highest BCUT2D eigenvalue weighted by Gasteiger charge is 1.99. The van der Waals surface area contributed by atoms with Crippen LogP contribution < -0.4 is 0 Å². The summed E-state index contributed by atoms with van der Waals surface area (Å²) in [6.45, 7) is 0.339. The van der Waals surface area contributed by atoms with Crippen molar-refractivity contribution in [3.63, 3.8) is 0 Å². The lowest BCUT2D eigenvalue weighted by Crippen LogP contribution is -1.95. The zero-order valence-electron chi connectivity index (χ0n) is 5.90. The average molecular weight is 216 g/mol. The normalized spacial score (nSPS) is 9.27. The number of nitrogens with zero attached hydrogens (tertiary/aromatic N) is 5. The van der Waals surface area contributed by atoms with Crippen LogP contribution in [0.3, 0.4) is 0 Å². The van der Waals surface area contributed by atoms with E-state index in [-0.39, 0.29) is 0 Å². The molecule has 0 saturated carbocycles. The third kappa shape index (κ3) is 1.96. The maximum Gasteiger partial charge on any atom is 0.128 e. The molecule has 1 aromatic rings. The highest BCUT2D eigenvalue weighted by Crippen LogP contribution is 2.09. The van der Waals surface area contributed by atoms with Gasteiger partial charge in [-0.15, -0.1) is 0 Å². The molecule has 0 atom stereocenters. The van der Waals surface area contributed by atoms with E-state index in [1.807, 2.05) is 6.07 Å². The van der Waals surface area contributed by atoms with Gasteiger partial charge in [0.05, 0.1) is 6.54 Å². The van der Waals surface area contributed by atoms with Gasteiger partial charge in [-0.2, -0.15) is 5.10 Å². The van der Waals surface area contributed by atoms with Crippen LogP contribution in [0.1, 0.15) is 5.69 Å². The van der Waals surface area contributed by atoms with E-state index in [0.29, 0.717) is 6.54 Å². The van der Waals surface area contributed by atoms with Crippen LogP contribution >= 0.6 is 15.9 Å². The van der Waals surface area contributed by atoms with Crippen LogP contribution in [0.5, 0.6) is 0 Å². The molecule has 11 heavy (non-hydrogen) atoms. The first-order valence-corrected chi connectivity index (χ1v) is 3.72. The van der Waals surface area contributed by atoms with E-state index < -0.39 is 0 Å². The molecule has 0 bridgehead atoms. The predicted octanol–water partition coefficient (Wildman–Crippen LogP) is 1.99. The van der Waals surface area contributed by atoms with Crippen molar-refractivity contribution in [1.29, 1.82) is 0 Å². The van der Waals surface area contributed by atoms with Crippen molar-refractivity contribution in [1.82, 2.24) is 9.78 Å². The minimum atomic E-state index is 0.339. The van der Waals surface area contributed by atoms with Crippen molar-refractivity contribution in [3.05, 3.63) is 26.8 Å². The summed E-state index contributed by atoms with van der Waals surface area (Å²) in [5.41, 5.74) is 8.93. The van der Waals surface area contributed by atoms with Gasteiger partial charge in [-0.05, 0) is 27.5 Å². The minimum Gasteiger partial charge on any atom is -0.271 e. The van der Waals surface area contributed by atoms with Gasteiger partial charge in [0.2, 0.25) is 0 Å². The molecule has 0 aliphatic rings. The Bertz CT molecular complexity index is 298. The van der Waals surface area contributed by atoms with Crippen LogP contribution in [0.25, 0.3) is 10.4 Å². The summed E-state index contributed by atoms with van der Waals surface area (Å²) < 4.78 is 2.42. The molecule has 58 valence electrons. The molecule has 0 N–H and O–H groups in total. The number of aryl methyl sites for hydroxylation is 1. The molecule has 5 nitrogen and oxygen atoms in total. The molecule has 6 heteroatoms. The van der Waals surface area contributed by atoms with E-state index in [1.165, 1.54) is 0 Å². The van der Waals surface area contributed by atoms with E-state index in [4.69, 9.17) is 5.53 Å². The van der Waals surface area contributed by atoms with Crippen molar-refractivity contribution >= 4 is 15.9 Å². The van der Waals surface area contributed by atoms with E-state index in [1.54, 1.807) is 11.7 Å². The fraction of sp³-hybridized carbons (Fsp3) is 0.400. The summed E-state index contributed by atoms with van der Waals surface area (Å²) >= 11 is 3.21. The predicted molar refractivity (Wildman–Crippen MR) is 43.8 cm³/mol. The lowest BCUT2D eigenvalue weighted by Gasteiger charge is -1.92. The second kappa shape index (κ2) is 3.41. The molecular weight excluding hydrogens is 210 g/mol. The Morgan fingerprint density at radius 1 is 1.91 bits per heavy atom. The Kier molecular flexibility index (Phi) is 2.51. The first-order valence-electron chi connectivity index (χ1n) is 2.93. The smallest absolute Gasteiger partial charge is 0.128 e. The lowest BCUT2D eigenvalue weighted by molar-refractivity contribution is 0.706. The zero-order chi connectivity index (χ0) is 8.27.